The van der Waals surface area contributed by atoms with Gasteiger partial charge in [-0.1, -0.05) is 42.5 Å². The highest BCUT2D eigenvalue weighted by Gasteiger charge is 2.30. The third-order valence-corrected chi connectivity index (χ3v) is 6.66. The van der Waals surface area contributed by atoms with E-state index in [0.29, 0.717) is 30.8 Å². The van der Waals surface area contributed by atoms with Crippen LogP contribution in [0.15, 0.2) is 71.9 Å². The lowest BCUT2D eigenvalue weighted by atomic mass is 10.1. The van der Waals surface area contributed by atoms with Crippen LogP contribution >= 0.6 is 0 Å². The molecule has 7 heteroatoms. The normalized spacial score (nSPS) is 16.6. The van der Waals surface area contributed by atoms with Crippen LogP contribution in [-0.2, 0) is 10.0 Å². The number of hydrogen-bond donors (Lipinski definition) is 0. The topological polar surface area (TPSA) is 68.1 Å². The quantitative estimate of drug-likeness (QED) is 0.710. The molecule has 1 aliphatic rings. The zero-order valence-corrected chi connectivity index (χ0v) is 15.1. The average molecular weight is 368 g/mol. The second kappa shape index (κ2) is 7.01. The Bertz CT molecular complexity index is 964. The molecule has 0 N–H and O–H groups in total. The smallest absolute Gasteiger partial charge is 0.207 e. The summed E-state index contributed by atoms with van der Waals surface area (Å²) >= 11 is 0. The molecule has 26 heavy (non-hydrogen) atoms. The van der Waals surface area contributed by atoms with Gasteiger partial charge in [0.25, 0.3) is 0 Å². The Balaban J connectivity index is 1.54. The number of sulfonamides is 1. The Morgan fingerprint density at radius 1 is 0.846 bits per heavy atom. The van der Waals surface area contributed by atoms with Gasteiger partial charge in [-0.25, -0.2) is 8.42 Å². The summed E-state index contributed by atoms with van der Waals surface area (Å²) in [6, 6.07) is 17.1. The van der Waals surface area contributed by atoms with Crippen LogP contribution in [0.5, 0.6) is 0 Å². The van der Waals surface area contributed by atoms with Gasteiger partial charge in [-0.3, -0.25) is 0 Å². The van der Waals surface area contributed by atoms with E-state index in [1.807, 2.05) is 36.4 Å². The first kappa shape index (κ1) is 16.9. The lowest BCUT2D eigenvalue weighted by Gasteiger charge is -2.30. The third kappa shape index (κ3) is 3.27. The van der Waals surface area contributed by atoms with Crippen LogP contribution in [0.1, 0.15) is 18.9 Å². The zero-order chi connectivity index (χ0) is 18.0. The summed E-state index contributed by atoms with van der Waals surface area (Å²) in [7, 11) is -3.50. The molecule has 0 saturated carbocycles. The molecule has 0 amide bonds. The number of rotatable bonds is 4. The molecule has 0 atom stereocenters. The van der Waals surface area contributed by atoms with Crippen LogP contribution in [0, 0.1) is 0 Å². The molecule has 0 radical (unpaired) electrons. The lowest BCUT2D eigenvalue weighted by Crippen LogP contribution is -2.39. The molecule has 3 aromatic rings. The molecule has 2 aromatic carbocycles. The first-order chi connectivity index (χ1) is 12.6. The molecular weight excluding hydrogens is 348 g/mol. The standard InChI is InChI=1S/C19H20N4O2S/c24-26(25,22-13-9-18(10-14-22)23-20-11-12-21-23)19-8-4-7-17(15-19)16-5-2-1-3-6-16/h1-8,11-12,15,18H,9-10,13-14H2. The highest BCUT2D eigenvalue weighted by atomic mass is 32.2. The van der Waals surface area contributed by atoms with Crippen LogP contribution in [0.3, 0.4) is 0 Å². The Morgan fingerprint density at radius 3 is 2.19 bits per heavy atom. The van der Waals surface area contributed by atoms with E-state index in [1.54, 1.807) is 39.7 Å². The van der Waals surface area contributed by atoms with Crippen molar-refractivity contribution in [2.45, 2.75) is 23.8 Å². The molecule has 1 saturated heterocycles. The van der Waals surface area contributed by atoms with E-state index in [0.717, 1.165) is 11.1 Å². The second-order valence-electron chi connectivity index (χ2n) is 6.38. The summed E-state index contributed by atoms with van der Waals surface area (Å²) in [5.41, 5.74) is 1.91. The van der Waals surface area contributed by atoms with Gasteiger partial charge in [0.05, 0.1) is 23.3 Å². The Morgan fingerprint density at radius 2 is 1.50 bits per heavy atom. The maximum absolute atomic E-state index is 13.1. The summed E-state index contributed by atoms with van der Waals surface area (Å²) in [4.78, 5) is 2.02. The van der Waals surface area contributed by atoms with Crippen molar-refractivity contribution in [3.05, 3.63) is 67.0 Å². The molecular formula is C19H20N4O2S. The number of aromatic nitrogens is 3. The molecule has 0 aliphatic carbocycles. The van der Waals surface area contributed by atoms with Crippen molar-refractivity contribution in [3.63, 3.8) is 0 Å². The maximum Gasteiger partial charge on any atom is 0.243 e. The first-order valence-electron chi connectivity index (χ1n) is 8.66. The minimum absolute atomic E-state index is 0.159. The van der Waals surface area contributed by atoms with Gasteiger partial charge < -0.3 is 0 Å². The van der Waals surface area contributed by atoms with Crippen molar-refractivity contribution in [2.24, 2.45) is 0 Å². The SMILES string of the molecule is O=S(=O)(c1cccc(-c2ccccc2)c1)N1CCC(n2nccn2)CC1. The van der Waals surface area contributed by atoms with Gasteiger partial charge in [0.15, 0.2) is 0 Å². The fraction of sp³-hybridized carbons (Fsp3) is 0.263. The van der Waals surface area contributed by atoms with Gasteiger partial charge in [-0.2, -0.15) is 19.3 Å². The van der Waals surface area contributed by atoms with E-state index >= 15 is 0 Å². The van der Waals surface area contributed by atoms with E-state index < -0.39 is 10.0 Å². The van der Waals surface area contributed by atoms with E-state index in [2.05, 4.69) is 10.2 Å². The summed E-state index contributed by atoms with van der Waals surface area (Å²) in [5, 5.41) is 8.34. The van der Waals surface area contributed by atoms with Crippen molar-refractivity contribution in [2.75, 3.05) is 13.1 Å². The Kier molecular flexibility index (Phi) is 4.57. The number of piperidine rings is 1. The Labute approximate surface area is 153 Å². The van der Waals surface area contributed by atoms with Gasteiger partial charge in [-0.15, -0.1) is 0 Å². The molecule has 1 aromatic heterocycles. The monoisotopic (exact) mass is 368 g/mol. The van der Waals surface area contributed by atoms with Crippen molar-refractivity contribution >= 4 is 10.0 Å². The summed E-state index contributed by atoms with van der Waals surface area (Å²) < 4.78 is 27.7. The largest absolute Gasteiger partial charge is 0.243 e. The van der Waals surface area contributed by atoms with Crippen molar-refractivity contribution < 1.29 is 8.42 Å². The minimum atomic E-state index is -3.50. The molecule has 1 fully saturated rings. The van der Waals surface area contributed by atoms with Gasteiger partial charge >= 0.3 is 0 Å². The van der Waals surface area contributed by atoms with Crippen molar-refractivity contribution in [3.8, 4) is 11.1 Å². The molecule has 6 nitrogen and oxygen atoms in total. The molecule has 0 unspecified atom stereocenters. The minimum Gasteiger partial charge on any atom is -0.207 e. The molecule has 0 spiro atoms. The van der Waals surface area contributed by atoms with Crippen molar-refractivity contribution in [1.29, 1.82) is 0 Å². The molecule has 2 heterocycles. The van der Waals surface area contributed by atoms with E-state index in [4.69, 9.17) is 0 Å². The summed E-state index contributed by atoms with van der Waals surface area (Å²) in [5.74, 6) is 0. The Hall–Kier alpha value is -2.51. The van der Waals surface area contributed by atoms with E-state index in [1.165, 1.54) is 0 Å². The predicted octanol–water partition coefficient (Wildman–Crippen LogP) is 2.97. The van der Waals surface area contributed by atoms with Crippen LogP contribution < -0.4 is 0 Å². The van der Waals surface area contributed by atoms with E-state index in [-0.39, 0.29) is 6.04 Å². The first-order valence-corrected chi connectivity index (χ1v) is 10.1. The van der Waals surface area contributed by atoms with Gasteiger partial charge in [0, 0.05) is 13.1 Å². The summed E-state index contributed by atoms with van der Waals surface area (Å²) in [6.45, 7) is 0.953. The molecule has 4 rings (SSSR count). The number of hydrogen-bond acceptors (Lipinski definition) is 4. The molecule has 134 valence electrons. The van der Waals surface area contributed by atoms with Crippen LogP contribution in [0.4, 0.5) is 0 Å². The second-order valence-corrected chi connectivity index (χ2v) is 8.32. The highest BCUT2D eigenvalue weighted by Crippen LogP contribution is 2.28. The predicted molar refractivity (Wildman–Crippen MR) is 98.9 cm³/mol. The highest BCUT2D eigenvalue weighted by molar-refractivity contribution is 7.89. The van der Waals surface area contributed by atoms with E-state index in [9.17, 15) is 8.42 Å². The fourth-order valence-electron chi connectivity index (χ4n) is 3.34. The van der Waals surface area contributed by atoms with Crippen molar-refractivity contribution in [1.82, 2.24) is 19.3 Å². The van der Waals surface area contributed by atoms with Crippen LogP contribution in [0.25, 0.3) is 11.1 Å². The zero-order valence-electron chi connectivity index (χ0n) is 14.3. The number of nitrogens with zero attached hydrogens (tertiary/aromatic N) is 4. The van der Waals surface area contributed by atoms with Crippen LogP contribution in [-0.4, -0.2) is 40.8 Å². The van der Waals surface area contributed by atoms with Gasteiger partial charge in [0.2, 0.25) is 10.0 Å². The van der Waals surface area contributed by atoms with Gasteiger partial charge in [-0.05, 0) is 36.1 Å². The number of benzene rings is 2. The van der Waals surface area contributed by atoms with Crippen LogP contribution in [0.2, 0.25) is 0 Å². The molecule has 0 bridgehead atoms. The third-order valence-electron chi connectivity index (χ3n) is 4.77. The van der Waals surface area contributed by atoms with Gasteiger partial charge in [0.1, 0.15) is 0 Å². The average Bonchev–Trinajstić information content (AvgIpc) is 3.24. The lowest BCUT2D eigenvalue weighted by molar-refractivity contribution is 0.245. The maximum atomic E-state index is 13.1. The fourth-order valence-corrected chi connectivity index (χ4v) is 4.86. The molecule has 1 aliphatic heterocycles. The summed E-state index contributed by atoms with van der Waals surface area (Å²) in [6.07, 6.45) is 4.73.